The molecular formula is C13H25N. The van der Waals surface area contributed by atoms with E-state index < -0.39 is 0 Å². The molecule has 0 aromatic heterocycles. The molecule has 0 aromatic rings. The third kappa shape index (κ3) is 5.76. The van der Waals surface area contributed by atoms with E-state index in [-0.39, 0.29) is 0 Å². The lowest BCUT2D eigenvalue weighted by atomic mass is 10.1. The Kier molecular flexibility index (Phi) is 13.6. The molecule has 0 bridgehead atoms. The number of nitrogens with one attached hydrogen (secondary N) is 1. The molecule has 0 aromatic carbocycles. The topological polar surface area (TPSA) is 12.0 Å². The standard InChI is InChI=1S/C9H13N.2C2H6/c1-3-5-9-7-10-6-8(9)4-2;2*1-2/h3-5,10H,2,6-7H2,1H3;2*1-2H3/b5-3-;;. The minimum absolute atomic E-state index is 0.975. The van der Waals surface area contributed by atoms with Crippen LogP contribution in [0.3, 0.4) is 0 Å². The van der Waals surface area contributed by atoms with Crippen LogP contribution in [0.1, 0.15) is 34.6 Å². The zero-order chi connectivity index (χ0) is 11.4. The maximum absolute atomic E-state index is 3.74. The summed E-state index contributed by atoms with van der Waals surface area (Å²) in [5.74, 6) is 0. The molecule has 0 fully saturated rings. The average molecular weight is 195 g/mol. The van der Waals surface area contributed by atoms with Gasteiger partial charge in [-0.3, -0.25) is 0 Å². The Morgan fingerprint density at radius 3 is 2.00 bits per heavy atom. The number of hydrogen-bond donors (Lipinski definition) is 1. The predicted octanol–water partition coefficient (Wildman–Crippen LogP) is 3.70. The van der Waals surface area contributed by atoms with Gasteiger partial charge in [0, 0.05) is 13.1 Å². The molecule has 1 nitrogen and oxygen atoms in total. The molecule has 82 valence electrons. The minimum atomic E-state index is 0.975. The van der Waals surface area contributed by atoms with Crippen LogP contribution in [0.15, 0.2) is 36.0 Å². The first-order chi connectivity index (χ1) is 6.88. The first-order valence-electron chi connectivity index (χ1n) is 5.56. The SMILES string of the molecule is C=CC1=C(/C=C\C)CNC1.CC.CC. The van der Waals surface area contributed by atoms with E-state index in [1.165, 1.54) is 11.1 Å². The highest BCUT2D eigenvalue weighted by Crippen LogP contribution is 2.10. The van der Waals surface area contributed by atoms with Crippen LogP contribution < -0.4 is 5.32 Å². The van der Waals surface area contributed by atoms with Gasteiger partial charge in [0.25, 0.3) is 0 Å². The summed E-state index contributed by atoms with van der Waals surface area (Å²) in [6, 6.07) is 0. The van der Waals surface area contributed by atoms with Gasteiger partial charge in [-0.15, -0.1) is 0 Å². The third-order valence-corrected chi connectivity index (χ3v) is 1.66. The monoisotopic (exact) mass is 195 g/mol. The Labute approximate surface area is 89.6 Å². The normalized spacial score (nSPS) is 14.4. The number of allylic oxidation sites excluding steroid dienone is 1. The van der Waals surface area contributed by atoms with Gasteiger partial charge >= 0.3 is 0 Å². The lowest BCUT2D eigenvalue weighted by molar-refractivity contribution is 0.874. The van der Waals surface area contributed by atoms with Crippen LogP contribution in [0, 0.1) is 0 Å². The number of rotatable bonds is 2. The van der Waals surface area contributed by atoms with Gasteiger partial charge in [-0.05, 0) is 18.1 Å². The Morgan fingerprint density at radius 1 is 1.07 bits per heavy atom. The summed E-state index contributed by atoms with van der Waals surface area (Å²) in [6.45, 7) is 15.7. The van der Waals surface area contributed by atoms with E-state index in [1.807, 2.05) is 40.7 Å². The predicted molar refractivity (Wildman–Crippen MR) is 67.6 cm³/mol. The average Bonchev–Trinajstić information content (AvgIpc) is 2.72. The quantitative estimate of drug-likeness (QED) is 0.708. The first-order valence-corrected chi connectivity index (χ1v) is 5.56. The zero-order valence-corrected chi connectivity index (χ0v) is 10.4. The molecule has 0 atom stereocenters. The second kappa shape index (κ2) is 12.2. The molecular weight excluding hydrogens is 170 g/mol. The van der Waals surface area contributed by atoms with Crippen LogP contribution in [0.4, 0.5) is 0 Å². The molecule has 1 aliphatic heterocycles. The largest absolute Gasteiger partial charge is 0.309 e. The fraction of sp³-hybridized carbons (Fsp3) is 0.538. The maximum atomic E-state index is 3.74. The van der Waals surface area contributed by atoms with E-state index >= 15 is 0 Å². The van der Waals surface area contributed by atoms with Crippen LogP contribution in [-0.2, 0) is 0 Å². The molecule has 1 N–H and O–H groups in total. The molecule has 1 rings (SSSR count). The van der Waals surface area contributed by atoms with Gasteiger partial charge in [0.05, 0.1) is 0 Å². The van der Waals surface area contributed by atoms with E-state index in [2.05, 4.69) is 24.0 Å². The van der Waals surface area contributed by atoms with Gasteiger partial charge in [-0.2, -0.15) is 0 Å². The molecule has 0 saturated heterocycles. The van der Waals surface area contributed by atoms with Crippen molar-refractivity contribution < 1.29 is 0 Å². The molecule has 0 unspecified atom stereocenters. The van der Waals surface area contributed by atoms with E-state index in [4.69, 9.17) is 0 Å². The smallest absolute Gasteiger partial charge is 0.0211 e. The van der Waals surface area contributed by atoms with Gasteiger partial charge in [0.15, 0.2) is 0 Å². The van der Waals surface area contributed by atoms with E-state index in [1.54, 1.807) is 0 Å². The van der Waals surface area contributed by atoms with Crippen LogP contribution in [0.2, 0.25) is 0 Å². The summed E-state index contributed by atoms with van der Waals surface area (Å²) < 4.78 is 0. The second-order valence-electron chi connectivity index (χ2n) is 2.36. The molecule has 0 radical (unpaired) electrons. The Balaban J connectivity index is 0. The van der Waals surface area contributed by atoms with Crippen molar-refractivity contribution in [1.82, 2.24) is 5.32 Å². The van der Waals surface area contributed by atoms with E-state index in [9.17, 15) is 0 Å². The van der Waals surface area contributed by atoms with Crippen LogP contribution in [0.25, 0.3) is 0 Å². The fourth-order valence-corrected chi connectivity index (χ4v) is 1.13. The van der Waals surface area contributed by atoms with E-state index in [0.717, 1.165) is 13.1 Å². The third-order valence-electron chi connectivity index (χ3n) is 1.66. The number of hydrogen-bond acceptors (Lipinski definition) is 1. The Hall–Kier alpha value is -0.820. The van der Waals surface area contributed by atoms with Crippen LogP contribution in [-0.4, -0.2) is 13.1 Å². The molecule has 0 aliphatic carbocycles. The Morgan fingerprint density at radius 2 is 1.57 bits per heavy atom. The lowest BCUT2D eigenvalue weighted by Crippen LogP contribution is -2.08. The van der Waals surface area contributed by atoms with Crippen molar-refractivity contribution in [2.45, 2.75) is 34.6 Å². The molecule has 14 heavy (non-hydrogen) atoms. The second-order valence-corrected chi connectivity index (χ2v) is 2.36. The minimum Gasteiger partial charge on any atom is -0.309 e. The summed E-state index contributed by atoms with van der Waals surface area (Å²) >= 11 is 0. The van der Waals surface area contributed by atoms with Gasteiger partial charge in [-0.1, -0.05) is 52.5 Å². The summed E-state index contributed by atoms with van der Waals surface area (Å²) in [5.41, 5.74) is 2.70. The zero-order valence-electron chi connectivity index (χ0n) is 10.4. The Bertz CT molecular complexity index is 187. The summed E-state index contributed by atoms with van der Waals surface area (Å²) in [4.78, 5) is 0. The van der Waals surface area contributed by atoms with Gasteiger partial charge in [0.1, 0.15) is 0 Å². The van der Waals surface area contributed by atoms with Gasteiger partial charge in [-0.25, -0.2) is 0 Å². The van der Waals surface area contributed by atoms with Crippen molar-refractivity contribution in [2.24, 2.45) is 0 Å². The van der Waals surface area contributed by atoms with Crippen molar-refractivity contribution >= 4 is 0 Å². The van der Waals surface area contributed by atoms with Crippen LogP contribution >= 0.6 is 0 Å². The maximum Gasteiger partial charge on any atom is 0.0211 e. The molecule has 1 aliphatic rings. The summed E-state index contributed by atoms with van der Waals surface area (Å²) in [6.07, 6.45) is 6.12. The summed E-state index contributed by atoms with van der Waals surface area (Å²) in [5, 5.41) is 3.26. The molecule has 0 spiro atoms. The fourth-order valence-electron chi connectivity index (χ4n) is 1.13. The molecule has 0 saturated carbocycles. The molecule has 1 heterocycles. The highest BCUT2D eigenvalue weighted by Gasteiger charge is 2.06. The van der Waals surface area contributed by atoms with Crippen molar-refractivity contribution in [2.75, 3.05) is 13.1 Å². The van der Waals surface area contributed by atoms with Crippen molar-refractivity contribution in [3.8, 4) is 0 Å². The van der Waals surface area contributed by atoms with Crippen LogP contribution in [0.5, 0.6) is 0 Å². The van der Waals surface area contributed by atoms with Crippen molar-refractivity contribution in [3.05, 3.63) is 36.0 Å². The highest BCUT2D eigenvalue weighted by atomic mass is 14.9. The molecule has 1 heteroatoms. The van der Waals surface area contributed by atoms with Crippen molar-refractivity contribution in [3.63, 3.8) is 0 Å². The van der Waals surface area contributed by atoms with Gasteiger partial charge in [0.2, 0.25) is 0 Å². The van der Waals surface area contributed by atoms with Gasteiger partial charge < -0.3 is 5.32 Å². The summed E-state index contributed by atoms with van der Waals surface area (Å²) in [7, 11) is 0. The lowest BCUT2D eigenvalue weighted by Gasteiger charge is -1.91. The highest BCUT2D eigenvalue weighted by molar-refractivity contribution is 5.37. The van der Waals surface area contributed by atoms with E-state index in [0.29, 0.717) is 0 Å². The van der Waals surface area contributed by atoms with Crippen molar-refractivity contribution in [1.29, 1.82) is 0 Å². The first kappa shape index (κ1) is 15.6. The molecule has 0 amide bonds.